The number of nitro benzene ring substituents is 1. The molecule has 8 heteroatoms. The van der Waals surface area contributed by atoms with E-state index in [2.05, 4.69) is 5.32 Å². The Morgan fingerprint density at radius 1 is 1.47 bits per heavy atom. The van der Waals surface area contributed by atoms with Crippen LogP contribution in [0.4, 0.5) is 25.8 Å². The molecule has 0 heterocycles. The standard InChI is InChI=1S/C9H12F2N4O2/c10-9(11,4-12)5-14-6-1-2-8(15(16)17)7(13)3-6/h1-3,14H,4-5,12-13H2. The van der Waals surface area contributed by atoms with Gasteiger partial charge >= 0.3 is 0 Å². The highest BCUT2D eigenvalue weighted by molar-refractivity contribution is 5.65. The molecule has 0 aliphatic rings. The summed E-state index contributed by atoms with van der Waals surface area (Å²) in [6.07, 6.45) is 0. The third kappa shape index (κ3) is 3.52. The van der Waals surface area contributed by atoms with Gasteiger partial charge in [0.2, 0.25) is 0 Å². The maximum atomic E-state index is 12.8. The molecule has 0 unspecified atom stereocenters. The number of alkyl halides is 2. The number of hydrogen-bond acceptors (Lipinski definition) is 5. The van der Waals surface area contributed by atoms with E-state index in [-0.39, 0.29) is 17.1 Å². The molecule has 1 aromatic rings. The summed E-state index contributed by atoms with van der Waals surface area (Å²) in [6, 6.07) is 3.68. The van der Waals surface area contributed by atoms with Crippen LogP contribution in [0.5, 0.6) is 0 Å². The summed E-state index contributed by atoms with van der Waals surface area (Å²) in [4.78, 5) is 9.82. The van der Waals surface area contributed by atoms with E-state index in [1.165, 1.54) is 12.1 Å². The van der Waals surface area contributed by atoms with Crippen molar-refractivity contribution in [3.05, 3.63) is 28.3 Å². The summed E-state index contributed by atoms with van der Waals surface area (Å²) < 4.78 is 25.6. The fourth-order valence-corrected chi connectivity index (χ4v) is 1.13. The minimum absolute atomic E-state index is 0.0870. The zero-order valence-electron chi connectivity index (χ0n) is 8.82. The number of halogens is 2. The second-order valence-corrected chi connectivity index (χ2v) is 3.44. The van der Waals surface area contributed by atoms with E-state index in [1.807, 2.05) is 0 Å². The van der Waals surface area contributed by atoms with Crippen molar-refractivity contribution in [1.29, 1.82) is 0 Å². The Balaban J connectivity index is 2.75. The van der Waals surface area contributed by atoms with E-state index < -0.39 is 23.9 Å². The number of nitrogen functional groups attached to an aromatic ring is 1. The molecule has 5 N–H and O–H groups in total. The zero-order chi connectivity index (χ0) is 13.1. The molecule has 6 nitrogen and oxygen atoms in total. The molecule has 0 aliphatic heterocycles. The number of anilines is 2. The van der Waals surface area contributed by atoms with Crippen LogP contribution in [-0.4, -0.2) is 23.9 Å². The highest BCUT2D eigenvalue weighted by Gasteiger charge is 2.26. The normalized spacial score (nSPS) is 11.2. The Hall–Kier alpha value is -1.96. The van der Waals surface area contributed by atoms with Crippen LogP contribution in [0.3, 0.4) is 0 Å². The summed E-state index contributed by atoms with van der Waals surface area (Å²) in [5.41, 5.74) is 10.2. The van der Waals surface area contributed by atoms with Crippen molar-refractivity contribution >= 4 is 17.1 Å². The average Bonchev–Trinajstić information content (AvgIpc) is 2.26. The van der Waals surface area contributed by atoms with Gasteiger partial charge in [0.25, 0.3) is 11.6 Å². The maximum Gasteiger partial charge on any atom is 0.292 e. The largest absolute Gasteiger partial charge is 0.393 e. The molecule has 0 atom stereocenters. The molecule has 17 heavy (non-hydrogen) atoms. The van der Waals surface area contributed by atoms with Crippen LogP contribution in [0.15, 0.2) is 18.2 Å². The second kappa shape index (κ2) is 4.91. The summed E-state index contributed by atoms with van der Waals surface area (Å²) in [7, 11) is 0. The van der Waals surface area contributed by atoms with Crippen molar-refractivity contribution in [2.45, 2.75) is 5.92 Å². The minimum atomic E-state index is -3.03. The van der Waals surface area contributed by atoms with Gasteiger partial charge in [-0.3, -0.25) is 10.1 Å². The highest BCUT2D eigenvalue weighted by atomic mass is 19.3. The highest BCUT2D eigenvalue weighted by Crippen LogP contribution is 2.25. The summed E-state index contributed by atoms with van der Waals surface area (Å²) in [5.74, 6) is -3.03. The molecule has 0 bridgehead atoms. The Kier molecular flexibility index (Phi) is 3.79. The number of nitro groups is 1. The van der Waals surface area contributed by atoms with Gasteiger partial charge in [-0.05, 0) is 12.1 Å². The lowest BCUT2D eigenvalue weighted by molar-refractivity contribution is -0.383. The van der Waals surface area contributed by atoms with Gasteiger partial charge in [0.1, 0.15) is 5.69 Å². The Labute approximate surface area is 95.7 Å². The number of benzene rings is 1. The van der Waals surface area contributed by atoms with Gasteiger partial charge < -0.3 is 16.8 Å². The van der Waals surface area contributed by atoms with Gasteiger partial charge in [0.05, 0.1) is 18.0 Å². The number of nitrogens with zero attached hydrogens (tertiary/aromatic N) is 1. The number of nitrogens with two attached hydrogens (primary N) is 2. The Morgan fingerprint density at radius 2 is 2.12 bits per heavy atom. The van der Waals surface area contributed by atoms with Gasteiger partial charge in [0, 0.05) is 11.8 Å². The molecule has 0 aliphatic carbocycles. The fraction of sp³-hybridized carbons (Fsp3) is 0.333. The smallest absolute Gasteiger partial charge is 0.292 e. The first kappa shape index (κ1) is 13.1. The monoisotopic (exact) mass is 246 g/mol. The van der Waals surface area contributed by atoms with E-state index in [0.717, 1.165) is 6.07 Å². The van der Waals surface area contributed by atoms with E-state index in [1.54, 1.807) is 0 Å². The van der Waals surface area contributed by atoms with Crippen molar-refractivity contribution in [2.75, 3.05) is 24.1 Å². The molecule has 0 amide bonds. The van der Waals surface area contributed by atoms with E-state index in [0.29, 0.717) is 0 Å². The molecule has 0 spiro atoms. The van der Waals surface area contributed by atoms with Gasteiger partial charge in [-0.25, -0.2) is 8.78 Å². The Morgan fingerprint density at radius 3 is 2.59 bits per heavy atom. The summed E-state index contributed by atoms with van der Waals surface area (Å²) >= 11 is 0. The molecular formula is C9H12F2N4O2. The van der Waals surface area contributed by atoms with Crippen LogP contribution >= 0.6 is 0 Å². The average molecular weight is 246 g/mol. The third-order valence-electron chi connectivity index (χ3n) is 2.07. The minimum Gasteiger partial charge on any atom is -0.393 e. The molecule has 0 fully saturated rings. The zero-order valence-corrected chi connectivity index (χ0v) is 8.82. The first-order chi connectivity index (χ1) is 7.85. The molecule has 1 rings (SSSR count). The SMILES string of the molecule is NCC(F)(F)CNc1ccc([N+](=O)[O-])c(N)c1. The Bertz CT molecular complexity index is 425. The first-order valence-corrected chi connectivity index (χ1v) is 4.71. The number of rotatable bonds is 5. The predicted molar refractivity (Wildman–Crippen MR) is 60.0 cm³/mol. The quantitative estimate of drug-likeness (QED) is 0.411. The van der Waals surface area contributed by atoms with Crippen LogP contribution in [0, 0.1) is 10.1 Å². The lowest BCUT2D eigenvalue weighted by Gasteiger charge is -2.15. The van der Waals surface area contributed by atoms with Gasteiger partial charge in [-0.2, -0.15) is 0 Å². The maximum absolute atomic E-state index is 12.8. The van der Waals surface area contributed by atoms with Crippen LogP contribution in [0.2, 0.25) is 0 Å². The summed E-state index contributed by atoms with van der Waals surface area (Å²) in [5, 5.41) is 12.9. The molecule has 0 saturated heterocycles. The first-order valence-electron chi connectivity index (χ1n) is 4.71. The third-order valence-corrected chi connectivity index (χ3v) is 2.07. The van der Waals surface area contributed by atoms with Crippen molar-refractivity contribution in [1.82, 2.24) is 0 Å². The molecule has 0 saturated carbocycles. The lowest BCUT2D eigenvalue weighted by atomic mass is 10.2. The van der Waals surface area contributed by atoms with E-state index in [4.69, 9.17) is 11.5 Å². The van der Waals surface area contributed by atoms with Crippen LogP contribution in [0.1, 0.15) is 0 Å². The van der Waals surface area contributed by atoms with Crippen molar-refractivity contribution in [3.63, 3.8) is 0 Å². The van der Waals surface area contributed by atoms with Gasteiger partial charge in [-0.15, -0.1) is 0 Å². The molecular weight excluding hydrogens is 234 g/mol. The van der Waals surface area contributed by atoms with Crippen molar-refractivity contribution < 1.29 is 13.7 Å². The second-order valence-electron chi connectivity index (χ2n) is 3.44. The van der Waals surface area contributed by atoms with Crippen LogP contribution in [-0.2, 0) is 0 Å². The number of hydrogen-bond donors (Lipinski definition) is 3. The van der Waals surface area contributed by atoms with Crippen molar-refractivity contribution in [2.24, 2.45) is 5.73 Å². The topological polar surface area (TPSA) is 107 Å². The number of nitrogens with one attached hydrogen (secondary N) is 1. The van der Waals surface area contributed by atoms with E-state index in [9.17, 15) is 18.9 Å². The van der Waals surface area contributed by atoms with Crippen LogP contribution in [0.25, 0.3) is 0 Å². The van der Waals surface area contributed by atoms with Gasteiger partial charge in [0.15, 0.2) is 0 Å². The predicted octanol–water partition coefficient (Wildman–Crippen LogP) is 1.18. The lowest BCUT2D eigenvalue weighted by Crippen LogP contribution is -2.35. The van der Waals surface area contributed by atoms with E-state index >= 15 is 0 Å². The van der Waals surface area contributed by atoms with Gasteiger partial charge in [-0.1, -0.05) is 0 Å². The van der Waals surface area contributed by atoms with Crippen molar-refractivity contribution in [3.8, 4) is 0 Å². The summed E-state index contributed by atoms with van der Waals surface area (Å²) in [6.45, 7) is -1.43. The molecule has 0 aromatic heterocycles. The van der Waals surface area contributed by atoms with Crippen LogP contribution < -0.4 is 16.8 Å². The molecule has 0 radical (unpaired) electrons. The molecule has 94 valence electrons. The fourth-order valence-electron chi connectivity index (χ4n) is 1.13. The molecule has 1 aromatic carbocycles.